The van der Waals surface area contributed by atoms with E-state index >= 15 is 0 Å². The van der Waals surface area contributed by atoms with E-state index in [-0.39, 0.29) is 17.7 Å². The number of nitrogens with one attached hydrogen (secondary N) is 2. The van der Waals surface area contributed by atoms with E-state index in [0.29, 0.717) is 29.4 Å². The van der Waals surface area contributed by atoms with Crippen molar-refractivity contribution in [1.29, 1.82) is 0 Å². The Bertz CT molecular complexity index is 792. The minimum atomic E-state index is -0.291. The Kier molecular flexibility index (Phi) is 4.71. The zero-order valence-corrected chi connectivity index (χ0v) is 13.9. The molecule has 2 N–H and O–H groups in total. The second kappa shape index (κ2) is 6.93. The van der Waals surface area contributed by atoms with Crippen LogP contribution in [0, 0.1) is 5.92 Å². The molecule has 0 aromatic heterocycles. The third-order valence-electron chi connectivity index (χ3n) is 3.75. The minimum Gasteiger partial charge on any atom is -0.492 e. The molecule has 3 rings (SSSR count). The number of benzene rings is 2. The van der Waals surface area contributed by atoms with Gasteiger partial charge in [0.25, 0.3) is 0 Å². The number of halogens is 1. The zero-order valence-electron chi connectivity index (χ0n) is 13.1. The smallest absolute Gasteiger partial charge is 0.231 e. The number of amides is 2. The quantitative estimate of drug-likeness (QED) is 0.895. The van der Waals surface area contributed by atoms with Crippen molar-refractivity contribution in [3.05, 3.63) is 53.1 Å². The van der Waals surface area contributed by atoms with E-state index in [1.807, 2.05) is 12.1 Å². The molecule has 1 heterocycles. The molecule has 0 saturated carbocycles. The van der Waals surface area contributed by atoms with E-state index in [2.05, 4.69) is 10.6 Å². The summed E-state index contributed by atoms with van der Waals surface area (Å²) in [4.78, 5) is 23.6. The molecule has 2 aromatic rings. The minimum absolute atomic E-state index is 0.124. The molecule has 0 bridgehead atoms. The Morgan fingerprint density at radius 2 is 1.88 bits per heavy atom. The number of fused-ring (bicyclic) bond motifs is 1. The Morgan fingerprint density at radius 3 is 2.62 bits per heavy atom. The predicted octanol–water partition coefficient (Wildman–Crippen LogP) is 3.49. The molecule has 5 nitrogen and oxygen atoms in total. The predicted molar refractivity (Wildman–Crippen MR) is 93.5 cm³/mol. The second-order valence-electron chi connectivity index (χ2n) is 5.72. The van der Waals surface area contributed by atoms with Gasteiger partial charge in [-0.05, 0) is 48.4 Å². The van der Waals surface area contributed by atoms with Crippen LogP contribution in [0.2, 0.25) is 5.02 Å². The lowest BCUT2D eigenvalue weighted by atomic mass is 9.96. The van der Waals surface area contributed by atoms with Crippen molar-refractivity contribution in [3.8, 4) is 5.75 Å². The molecular formula is C18H17ClN2O3. The van der Waals surface area contributed by atoms with Gasteiger partial charge in [0.05, 0.1) is 5.92 Å². The van der Waals surface area contributed by atoms with Crippen molar-refractivity contribution in [3.63, 3.8) is 0 Å². The number of hydrogen-bond acceptors (Lipinski definition) is 3. The molecule has 0 aliphatic carbocycles. The summed E-state index contributed by atoms with van der Waals surface area (Å²) in [5.74, 6) is 0.199. The van der Waals surface area contributed by atoms with Crippen LogP contribution in [0.3, 0.4) is 0 Å². The lowest BCUT2D eigenvalue weighted by Gasteiger charge is -2.24. The first-order valence-corrected chi connectivity index (χ1v) is 7.99. The highest BCUT2D eigenvalue weighted by Crippen LogP contribution is 2.30. The molecule has 6 heteroatoms. The van der Waals surface area contributed by atoms with Crippen LogP contribution < -0.4 is 15.4 Å². The van der Waals surface area contributed by atoms with Crippen LogP contribution in [-0.2, 0) is 16.0 Å². The van der Waals surface area contributed by atoms with Gasteiger partial charge in [-0.15, -0.1) is 0 Å². The standard InChI is InChI=1S/C18H17ClN2O3/c1-11(22)20-15-3-2-4-16(9-15)21-18(23)13-7-12-8-14(19)5-6-17(12)24-10-13/h2-6,8-9,13H,7,10H2,1H3,(H,20,22)(H,21,23)/t13-/m1/s1. The van der Waals surface area contributed by atoms with Crippen molar-refractivity contribution in [1.82, 2.24) is 0 Å². The van der Waals surface area contributed by atoms with Crippen LogP contribution >= 0.6 is 11.6 Å². The highest BCUT2D eigenvalue weighted by molar-refractivity contribution is 6.30. The fraction of sp³-hybridized carbons (Fsp3) is 0.222. The normalized spacial score (nSPS) is 15.8. The first-order valence-electron chi connectivity index (χ1n) is 7.61. The molecular weight excluding hydrogens is 328 g/mol. The molecule has 124 valence electrons. The maximum absolute atomic E-state index is 12.5. The highest BCUT2D eigenvalue weighted by Gasteiger charge is 2.26. The van der Waals surface area contributed by atoms with E-state index in [9.17, 15) is 9.59 Å². The van der Waals surface area contributed by atoms with Crippen molar-refractivity contribution in [2.45, 2.75) is 13.3 Å². The summed E-state index contributed by atoms with van der Waals surface area (Å²) in [7, 11) is 0. The first kappa shape index (κ1) is 16.3. The molecule has 2 aromatic carbocycles. The number of carbonyl (C=O) groups excluding carboxylic acids is 2. The number of carbonyl (C=O) groups is 2. The van der Waals surface area contributed by atoms with Crippen molar-refractivity contribution in [2.75, 3.05) is 17.2 Å². The number of hydrogen-bond donors (Lipinski definition) is 2. The van der Waals surface area contributed by atoms with Crippen molar-refractivity contribution < 1.29 is 14.3 Å². The third-order valence-corrected chi connectivity index (χ3v) is 3.99. The van der Waals surface area contributed by atoms with Crippen LogP contribution in [0.15, 0.2) is 42.5 Å². The Morgan fingerprint density at radius 1 is 1.12 bits per heavy atom. The molecule has 0 radical (unpaired) electrons. The van der Waals surface area contributed by atoms with Gasteiger partial charge >= 0.3 is 0 Å². The fourth-order valence-electron chi connectivity index (χ4n) is 2.65. The van der Waals surface area contributed by atoms with Gasteiger partial charge in [-0.25, -0.2) is 0 Å². The van der Waals surface area contributed by atoms with Crippen LogP contribution in [0.4, 0.5) is 11.4 Å². The second-order valence-corrected chi connectivity index (χ2v) is 6.15. The molecule has 0 spiro atoms. The summed E-state index contributed by atoms with van der Waals surface area (Å²) >= 11 is 6.00. The molecule has 24 heavy (non-hydrogen) atoms. The van der Waals surface area contributed by atoms with E-state index < -0.39 is 0 Å². The van der Waals surface area contributed by atoms with Gasteiger partial charge in [-0.1, -0.05) is 17.7 Å². The monoisotopic (exact) mass is 344 g/mol. The number of anilines is 2. The van der Waals surface area contributed by atoms with Gasteiger partial charge in [0.2, 0.25) is 11.8 Å². The van der Waals surface area contributed by atoms with E-state index in [0.717, 1.165) is 11.3 Å². The summed E-state index contributed by atoms with van der Waals surface area (Å²) in [5.41, 5.74) is 2.20. The van der Waals surface area contributed by atoms with Crippen LogP contribution in [0.5, 0.6) is 5.75 Å². The molecule has 0 fully saturated rings. The van der Waals surface area contributed by atoms with E-state index in [1.165, 1.54) is 6.92 Å². The van der Waals surface area contributed by atoms with Crippen molar-refractivity contribution >= 4 is 34.8 Å². The summed E-state index contributed by atoms with van der Waals surface area (Å²) in [6.07, 6.45) is 0.577. The van der Waals surface area contributed by atoms with E-state index in [1.54, 1.807) is 30.3 Å². The molecule has 0 saturated heterocycles. The number of rotatable bonds is 3. The first-order chi connectivity index (χ1) is 11.5. The molecule has 2 amide bonds. The molecule has 0 unspecified atom stereocenters. The van der Waals surface area contributed by atoms with Crippen LogP contribution in [0.25, 0.3) is 0 Å². The van der Waals surface area contributed by atoms with E-state index in [4.69, 9.17) is 16.3 Å². The maximum Gasteiger partial charge on any atom is 0.231 e. The van der Waals surface area contributed by atoms with Gasteiger partial charge in [-0.2, -0.15) is 0 Å². The average Bonchev–Trinajstić information content (AvgIpc) is 2.53. The average molecular weight is 345 g/mol. The lowest BCUT2D eigenvalue weighted by Crippen LogP contribution is -2.32. The van der Waals surface area contributed by atoms with Gasteiger partial charge in [-0.3, -0.25) is 9.59 Å². The Balaban J connectivity index is 1.68. The highest BCUT2D eigenvalue weighted by atomic mass is 35.5. The topological polar surface area (TPSA) is 67.4 Å². The third kappa shape index (κ3) is 3.86. The summed E-state index contributed by atoms with van der Waals surface area (Å²) in [6, 6.07) is 12.4. The number of ether oxygens (including phenoxy) is 1. The van der Waals surface area contributed by atoms with Crippen LogP contribution in [-0.4, -0.2) is 18.4 Å². The van der Waals surface area contributed by atoms with Crippen molar-refractivity contribution in [2.24, 2.45) is 5.92 Å². The zero-order chi connectivity index (χ0) is 17.1. The Hall–Kier alpha value is -2.53. The van der Waals surface area contributed by atoms with Gasteiger partial charge in [0.1, 0.15) is 12.4 Å². The van der Waals surface area contributed by atoms with Crippen LogP contribution in [0.1, 0.15) is 12.5 Å². The van der Waals surface area contributed by atoms with Gasteiger partial charge in [0.15, 0.2) is 0 Å². The molecule has 1 aliphatic rings. The Labute approximate surface area is 145 Å². The summed E-state index contributed by atoms with van der Waals surface area (Å²) in [5, 5.41) is 6.18. The largest absolute Gasteiger partial charge is 0.492 e. The summed E-state index contributed by atoms with van der Waals surface area (Å²) in [6.45, 7) is 1.76. The fourth-order valence-corrected chi connectivity index (χ4v) is 2.85. The summed E-state index contributed by atoms with van der Waals surface area (Å²) < 4.78 is 5.65. The lowest BCUT2D eigenvalue weighted by molar-refractivity contribution is -0.121. The molecule has 1 aliphatic heterocycles. The maximum atomic E-state index is 12.5. The SMILES string of the molecule is CC(=O)Nc1cccc(NC(=O)[C@H]2COc3ccc(Cl)cc3C2)c1. The van der Waals surface area contributed by atoms with Gasteiger partial charge < -0.3 is 15.4 Å². The molecule has 1 atom stereocenters. The van der Waals surface area contributed by atoms with Gasteiger partial charge in [0, 0.05) is 23.3 Å².